The molecule has 7 heterocycles. The molecule has 0 aromatic carbocycles. The van der Waals surface area contributed by atoms with Crippen molar-refractivity contribution in [2.24, 2.45) is 18.2 Å². The predicted molar refractivity (Wildman–Crippen MR) is 148 cm³/mol. The van der Waals surface area contributed by atoms with E-state index in [2.05, 4.69) is 44.2 Å². The number of anilines is 3. The SMILES string of the molecule is CC1OCC2(CCN(c3cnc4c(N5CCCc6nc(-c7ccnn7C)ccc65)n[nH]c4n3)CC2)C1N.Cl. The van der Waals surface area contributed by atoms with Gasteiger partial charge in [0.25, 0.3) is 0 Å². The lowest BCUT2D eigenvalue weighted by Gasteiger charge is -2.41. The topological polar surface area (TPSA) is 127 Å². The second-order valence-electron chi connectivity index (χ2n) is 10.6. The number of hydrogen-bond donors (Lipinski definition) is 2. The van der Waals surface area contributed by atoms with Gasteiger partial charge in [0.05, 0.1) is 41.7 Å². The van der Waals surface area contributed by atoms with Crippen molar-refractivity contribution in [3.8, 4) is 11.4 Å². The van der Waals surface area contributed by atoms with Gasteiger partial charge in [0.2, 0.25) is 0 Å². The first-order chi connectivity index (χ1) is 18.0. The van der Waals surface area contributed by atoms with Crippen LogP contribution in [-0.2, 0) is 18.2 Å². The molecule has 38 heavy (non-hydrogen) atoms. The third kappa shape index (κ3) is 3.91. The average Bonchev–Trinajstić information content (AvgIpc) is 3.62. The highest BCUT2D eigenvalue weighted by atomic mass is 35.5. The van der Waals surface area contributed by atoms with Crippen LogP contribution in [0.5, 0.6) is 0 Å². The van der Waals surface area contributed by atoms with Gasteiger partial charge in [-0.2, -0.15) is 10.2 Å². The van der Waals surface area contributed by atoms with E-state index in [1.165, 1.54) is 0 Å². The van der Waals surface area contributed by atoms with Crippen molar-refractivity contribution < 1.29 is 4.74 Å². The minimum atomic E-state index is 0. The summed E-state index contributed by atoms with van der Waals surface area (Å²) in [7, 11) is 1.94. The van der Waals surface area contributed by atoms with Gasteiger partial charge in [0.1, 0.15) is 5.82 Å². The van der Waals surface area contributed by atoms with Crippen LogP contribution < -0.4 is 15.5 Å². The molecule has 7 rings (SSSR count). The molecule has 0 bridgehead atoms. The molecule has 0 saturated carbocycles. The van der Waals surface area contributed by atoms with Crippen LogP contribution in [-0.4, -0.2) is 73.3 Å². The standard InChI is InChI=1S/C26H32N10O.ClH/c1-16-23(27)26(15-37-16)8-12-35(13-9-26)21-14-28-22-24(31-21)32-33-25(22)36-11-3-4-17-20(36)6-5-18(30-17)19-7-10-29-34(19)2;/h5-7,10,14,16,23H,3-4,8-9,11-13,15,27H2,1-2H3,(H,31,32,33);1H. The summed E-state index contributed by atoms with van der Waals surface area (Å²) >= 11 is 0. The van der Waals surface area contributed by atoms with Crippen LogP contribution in [0.15, 0.2) is 30.6 Å². The van der Waals surface area contributed by atoms with E-state index in [4.69, 9.17) is 25.4 Å². The number of H-pyrrole nitrogens is 1. The number of nitrogens with one attached hydrogen (secondary N) is 1. The van der Waals surface area contributed by atoms with Crippen molar-refractivity contribution in [2.75, 3.05) is 36.0 Å². The van der Waals surface area contributed by atoms with Gasteiger partial charge in [-0.15, -0.1) is 12.4 Å². The first-order valence-corrected chi connectivity index (χ1v) is 13.1. The monoisotopic (exact) mass is 536 g/mol. The number of fused-ring (bicyclic) bond motifs is 2. The molecule has 200 valence electrons. The molecule has 2 fully saturated rings. The number of ether oxygens (including phenoxy) is 1. The lowest BCUT2D eigenvalue weighted by Crippen LogP contribution is -2.50. The molecule has 2 unspecified atom stereocenters. The van der Waals surface area contributed by atoms with Gasteiger partial charge in [-0.3, -0.25) is 9.78 Å². The number of aromatic nitrogens is 7. The van der Waals surface area contributed by atoms with Crippen molar-refractivity contribution in [3.05, 3.63) is 36.3 Å². The second kappa shape index (κ2) is 9.48. The molecule has 2 saturated heterocycles. The highest BCUT2D eigenvalue weighted by Crippen LogP contribution is 2.42. The molecule has 1 spiro atoms. The van der Waals surface area contributed by atoms with E-state index in [0.29, 0.717) is 5.65 Å². The third-order valence-corrected chi connectivity index (χ3v) is 8.54. The zero-order valence-corrected chi connectivity index (χ0v) is 22.5. The number of piperidine rings is 1. The van der Waals surface area contributed by atoms with E-state index in [1.807, 2.05) is 24.0 Å². The Morgan fingerprint density at radius 2 is 1.97 bits per heavy atom. The highest BCUT2D eigenvalue weighted by molar-refractivity contribution is 5.87. The van der Waals surface area contributed by atoms with E-state index in [9.17, 15) is 0 Å². The van der Waals surface area contributed by atoms with Crippen LogP contribution in [0.25, 0.3) is 22.6 Å². The number of nitrogens with zero attached hydrogens (tertiary/aromatic N) is 8. The molecule has 4 aromatic rings. The van der Waals surface area contributed by atoms with E-state index < -0.39 is 0 Å². The van der Waals surface area contributed by atoms with Crippen molar-refractivity contribution in [1.29, 1.82) is 0 Å². The van der Waals surface area contributed by atoms with Crippen LogP contribution in [0.4, 0.5) is 17.3 Å². The number of halogens is 1. The third-order valence-electron chi connectivity index (χ3n) is 8.54. The maximum Gasteiger partial charge on any atom is 0.183 e. The predicted octanol–water partition coefficient (Wildman–Crippen LogP) is 2.99. The number of aryl methyl sites for hydroxylation is 2. The lowest BCUT2D eigenvalue weighted by atomic mass is 9.73. The highest BCUT2D eigenvalue weighted by Gasteiger charge is 2.47. The Morgan fingerprint density at radius 3 is 2.71 bits per heavy atom. The molecule has 3 aliphatic heterocycles. The fraction of sp³-hybridized carbons (Fsp3) is 0.500. The van der Waals surface area contributed by atoms with E-state index >= 15 is 0 Å². The van der Waals surface area contributed by atoms with Crippen LogP contribution in [0, 0.1) is 5.41 Å². The van der Waals surface area contributed by atoms with Gasteiger partial charge < -0.3 is 20.3 Å². The van der Waals surface area contributed by atoms with Crippen molar-refractivity contribution in [3.63, 3.8) is 0 Å². The van der Waals surface area contributed by atoms with Gasteiger partial charge in [-0.25, -0.2) is 15.0 Å². The molecule has 3 N–H and O–H groups in total. The van der Waals surface area contributed by atoms with Crippen molar-refractivity contribution >= 4 is 40.9 Å². The summed E-state index contributed by atoms with van der Waals surface area (Å²) in [6, 6.07) is 6.27. The molecule has 11 nitrogen and oxygen atoms in total. The maximum absolute atomic E-state index is 6.50. The quantitative estimate of drug-likeness (QED) is 0.406. The normalized spacial score (nSPS) is 22.6. The van der Waals surface area contributed by atoms with Crippen LogP contribution in [0.2, 0.25) is 0 Å². The average molecular weight is 537 g/mol. The Balaban J connectivity index is 0.00000264. The number of pyridine rings is 1. The molecule has 3 aliphatic rings. The minimum absolute atomic E-state index is 0. The van der Waals surface area contributed by atoms with Gasteiger partial charge in [0.15, 0.2) is 17.0 Å². The van der Waals surface area contributed by atoms with Gasteiger partial charge >= 0.3 is 0 Å². The largest absolute Gasteiger partial charge is 0.376 e. The Labute approximate surface area is 227 Å². The molecular weight excluding hydrogens is 504 g/mol. The van der Waals surface area contributed by atoms with Gasteiger partial charge in [-0.1, -0.05) is 0 Å². The first kappa shape index (κ1) is 25.0. The summed E-state index contributed by atoms with van der Waals surface area (Å²) in [4.78, 5) is 19.2. The first-order valence-electron chi connectivity index (χ1n) is 13.1. The smallest absolute Gasteiger partial charge is 0.183 e. The van der Waals surface area contributed by atoms with E-state index in [0.717, 1.165) is 91.8 Å². The molecule has 12 heteroatoms. The summed E-state index contributed by atoms with van der Waals surface area (Å²) in [6.45, 7) is 5.49. The summed E-state index contributed by atoms with van der Waals surface area (Å²) in [5.41, 5.74) is 12.1. The molecule has 4 aromatic heterocycles. The molecule has 0 radical (unpaired) electrons. The Kier molecular flexibility index (Phi) is 6.24. The molecule has 2 atom stereocenters. The second-order valence-corrected chi connectivity index (χ2v) is 10.6. The zero-order chi connectivity index (χ0) is 25.1. The van der Waals surface area contributed by atoms with Gasteiger partial charge in [-0.05, 0) is 50.8 Å². The summed E-state index contributed by atoms with van der Waals surface area (Å²) in [6.07, 6.45) is 7.74. The summed E-state index contributed by atoms with van der Waals surface area (Å²) in [5.74, 6) is 1.67. The molecular formula is C26H33ClN10O. The number of nitrogens with two attached hydrogens (primary N) is 1. The number of aromatic amines is 1. The summed E-state index contributed by atoms with van der Waals surface area (Å²) < 4.78 is 7.72. The van der Waals surface area contributed by atoms with Crippen LogP contribution in [0.3, 0.4) is 0 Å². The maximum atomic E-state index is 6.50. The Hall–Kier alpha value is -3.28. The Bertz CT molecular complexity index is 1460. The summed E-state index contributed by atoms with van der Waals surface area (Å²) in [5, 5.41) is 12.1. The van der Waals surface area contributed by atoms with E-state index in [1.54, 1.807) is 6.20 Å². The van der Waals surface area contributed by atoms with Crippen molar-refractivity contribution in [1.82, 2.24) is 34.9 Å². The molecule has 0 aliphatic carbocycles. The molecule has 0 amide bonds. The number of hydrogen-bond acceptors (Lipinski definition) is 9. The van der Waals surface area contributed by atoms with Crippen LogP contribution >= 0.6 is 12.4 Å². The van der Waals surface area contributed by atoms with E-state index in [-0.39, 0.29) is 30.0 Å². The fourth-order valence-corrected chi connectivity index (χ4v) is 6.21. The van der Waals surface area contributed by atoms with Crippen molar-refractivity contribution in [2.45, 2.75) is 44.8 Å². The Morgan fingerprint density at radius 1 is 1.13 bits per heavy atom. The number of rotatable bonds is 3. The van der Waals surface area contributed by atoms with Gasteiger partial charge in [0, 0.05) is 44.3 Å². The zero-order valence-electron chi connectivity index (χ0n) is 21.7. The van der Waals surface area contributed by atoms with Crippen LogP contribution in [0.1, 0.15) is 31.9 Å². The fourth-order valence-electron chi connectivity index (χ4n) is 6.21. The lowest BCUT2D eigenvalue weighted by molar-refractivity contribution is 0.0974. The minimum Gasteiger partial charge on any atom is -0.376 e.